The number of nitrogens with one attached hydrogen (secondary N) is 3. The van der Waals surface area contributed by atoms with E-state index in [-0.39, 0.29) is 12.3 Å². The molecule has 7 heteroatoms. The van der Waals surface area contributed by atoms with Crippen molar-refractivity contribution in [2.45, 2.75) is 19.4 Å². The fraction of sp³-hybridized carbons (Fsp3) is 0.158. The average Bonchev–Trinajstić information content (AvgIpc) is 3.02. The molecule has 0 saturated heterocycles. The molecule has 1 heterocycles. The van der Waals surface area contributed by atoms with Crippen LogP contribution in [-0.4, -0.2) is 22.9 Å². The maximum atomic E-state index is 12.1. The van der Waals surface area contributed by atoms with Crippen molar-refractivity contribution in [3.05, 3.63) is 65.3 Å². The zero-order chi connectivity index (χ0) is 18.5. The van der Waals surface area contributed by atoms with Gasteiger partial charge in [-0.15, -0.1) is 0 Å². The lowest BCUT2D eigenvalue weighted by atomic mass is 10.1. The van der Waals surface area contributed by atoms with E-state index in [4.69, 9.17) is 16.3 Å². The summed E-state index contributed by atoms with van der Waals surface area (Å²) >= 11 is 5.88. The zero-order valence-electron chi connectivity index (χ0n) is 14.1. The molecule has 0 fully saturated rings. The number of carbonyl (C=O) groups is 2. The summed E-state index contributed by atoms with van der Waals surface area (Å²) in [5.41, 5.74) is 6.59. The van der Waals surface area contributed by atoms with E-state index in [1.54, 1.807) is 37.4 Å². The van der Waals surface area contributed by atoms with Crippen molar-refractivity contribution in [1.29, 1.82) is 0 Å². The molecule has 1 unspecified atom stereocenters. The van der Waals surface area contributed by atoms with Gasteiger partial charge in [0.05, 0.1) is 6.42 Å². The molecular formula is C19H18ClN3O3. The molecule has 134 valence electrons. The molecule has 3 N–H and O–H groups in total. The van der Waals surface area contributed by atoms with Crippen LogP contribution in [0.4, 0.5) is 0 Å². The molecular weight excluding hydrogens is 354 g/mol. The standard InChI is InChI=1S/C19H18ClN3O3/c1-12(26-15-6-4-5-14(20)10-15)19(25)23-22-18(24)9-13-11-21-17-8-3-2-7-16(13)17/h2-8,10-12,21H,9H2,1H3,(H,22,24)(H,23,25). The minimum atomic E-state index is -0.790. The minimum Gasteiger partial charge on any atom is -0.481 e. The monoisotopic (exact) mass is 371 g/mol. The van der Waals surface area contributed by atoms with Gasteiger partial charge >= 0.3 is 0 Å². The van der Waals surface area contributed by atoms with E-state index in [1.165, 1.54) is 0 Å². The van der Waals surface area contributed by atoms with Crippen molar-refractivity contribution in [1.82, 2.24) is 15.8 Å². The molecule has 1 atom stereocenters. The second kappa shape index (κ2) is 7.93. The molecule has 0 spiro atoms. The lowest BCUT2D eigenvalue weighted by Gasteiger charge is -2.15. The first kappa shape index (κ1) is 17.8. The van der Waals surface area contributed by atoms with E-state index in [9.17, 15) is 9.59 Å². The van der Waals surface area contributed by atoms with Crippen LogP contribution in [0, 0.1) is 0 Å². The number of aromatic nitrogens is 1. The van der Waals surface area contributed by atoms with E-state index in [0.717, 1.165) is 16.5 Å². The minimum absolute atomic E-state index is 0.147. The lowest BCUT2D eigenvalue weighted by molar-refractivity contribution is -0.132. The van der Waals surface area contributed by atoms with Crippen LogP contribution in [0.15, 0.2) is 54.7 Å². The predicted molar refractivity (Wildman–Crippen MR) is 99.8 cm³/mol. The molecule has 6 nitrogen and oxygen atoms in total. The van der Waals surface area contributed by atoms with Crippen molar-refractivity contribution in [2.24, 2.45) is 0 Å². The summed E-state index contributed by atoms with van der Waals surface area (Å²) in [4.78, 5) is 27.3. The first-order valence-electron chi connectivity index (χ1n) is 8.09. The van der Waals surface area contributed by atoms with E-state index < -0.39 is 12.0 Å². The molecule has 0 bridgehead atoms. The van der Waals surface area contributed by atoms with Gasteiger partial charge in [-0.1, -0.05) is 35.9 Å². The first-order chi connectivity index (χ1) is 12.5. The van der Waals surface area contributed by atoms with Crippen molar-refractivity contribution in [3.63, 3.8) is 0 Å². The van der Waals surface area contributed by atoms with E-state index >= 15 is 0 Å². The van der Waals surface area contributed by atoms with E-state index in [0.29, 0.717) is 10.8 Å². The zero-order valence-corrected chi connectivity index (χ0v) is 14.8. The Morgan fingerprint density at radius 3 is 2.77 bits per heavy atom. The highest BCUT2D eigenvalue weighted by Gasteiger charge is 2.16. The quantitative estimate of drug-likeness (QED) is 0.603. The number of benzene rings is 2. The maximum Gasteiger partial charge on any atom is 0.279 e. The van der Waals surface area contributed by atoms with Crippen molar-refractivity contribution < 1.29 is 14.3 Å². The maximum absolute atomic E-state index is 12.1. The molecule has 0 radical (unpaired) electrons. The molecule has 3 rings (SSSR count). The number of hydrazine groups is 1. The molecule has 26 heavy (non-hydrogen) atoms. The van der Waals surface area contributed by atoms with Crippen LogP contribution in [-0.2, 0) is 16.0 Å². The Balaban J connectivity index is 1.51. The number of fused-ring (bicyclic) bond motifs is 1. The van der Waals surface area contributed by atoms with Crippen LogP contribution in [0.2, 0.25) is 5.02 Å². The molecule has 0 saturated carbocycles. The van der Waals surface area contributed by atoms with Gasteiger partial charge in [0.2, 0.25) is 5.91 Å². The van der Waals surface area contributed by atoms with Gasteiger partial charge in [0.1, 0.15) is 5.75 Å². The van der Waals surface area contributed by atoms with Gasteiger partial charge in [-0.2, -0.15) is 0 Å². The number of ether oxygens (including phenoxy) is 1. The fourth-order valence-corrected chi connectivity index (χ4v) is 2.71. The van der Waals surface area contributed by atoms with E-state index in [1.807, 2.05) is 24.3 Å². The van der Waals surface area contributed by atoms with Crippen LogP contribution in [0.5, 0.6) is 5.75 Å². The predicted octanol–water partition coefficient (Wildman–Crippen LogP) is 2.98. The van der Waals surface area contributed by atoms with Gasteiger partial charge in [0.15, 0.2) is 6.10 Å². The normalized spacial score (nSPS) is 11.8. The highest BCUT2D eigenvalue weighted by molar-refractivity contribution is 6.30. The highest BCUT2D eigenvalue weighted by atomic mass is 35.5. The highest BCUT2D eigenvalue weighted by Crippen LogP contribution is 2.19. The Labute approximate surface area is 155 Å². The van der Waals surface area contributed by atoms with Crippen LogP contribution in [0.1, 0.15) is 12.5 Å². The Morgan fingerprint density at radius 1 is 1.15 bits per heavy atom. The summed E-state index contributed by atoms with van der Waals surface area (Å²) in [7, 11) is 0. The Kier molecular flexibility index (Phi) is 5.43. The Morgan fingerprint density at radius 2 is 1.96 bits per heavy atom. The number of amides is 2. The third-order valence-corrected chi connectivity index (χ3v) is 4.06. The molecule has 2 aromatic carbocycles. The summed E-state index contributed by atoms with van der Waals surface area (Å²) in [5, 5.41) is 1.49. The molecule has 0 aliphatic carbocycles. The third kappa shape index (κ3) is 4.34. The first-order valence-corrected chi connectivity index (χ1v) is 8.46. The second-order valence-electron chi connectivity index (χ2n) is 5.79. The lowest BCUT2D eigenvalue weighted by Crippen LogP contribution is -2.47. The third-order valence-electron chi connectivity index (χ3n) is 3.83. The second-order valence-corrected chi connectivity index (χ2v) is 6.23. The van der Waals surface area contributed by atoms with Crippen molar-refractivity contribution in [2.75, 3.05) is 0 Å². The van der Waals surface area contributed by atoms with Gasteiger partial charge in [0.25, 0.3) is 5.91 Å². The Bertz CT molecular complexity index is 938. The number of halogens is 1. The Hall–Kier alpha value is -2.99. The summed E-state index contributed by atoms with van der Waals surface area (Å²) < 4.78 is 5.50. The SMILES string of the molecule is CC(Oc1cccc(Cl)c1)C(=O)NNC(=O)Cc1c[nH]c2ccccc12. The molecule has 2 amide bonds. The fourth-order valence-electron chi connectivity index (χ4n) is 2.53. The van der Waals surface area contributed by atoms with Crippen LogP contribution < -0.4 is 15.6 Å². The van der Waals surface area contributed by atoms with Gasteiger partial charge in [0, 0.05) is 22.1 Å². The number of hydrogen-bond acceptors (Lipinski definition) is 3. The molecule has 0 aliphatic rings. The van der Waals surface area contributed by atoms with Crippen molar-refractivity contribution in [3.8, 4) is 5.75 Å². The number of H-pyrrole nitrogens is 1. The molecule has 3 aromatic rings. The molecule has 1 aromatic heterocycles. The number of aromatic amines is 1. The smallest absolute Gasteiger partial charge is 0.279 e. The number of carbonyl (C=O) groups excluding carboxylic acids is 2. The van der Waals surface area contributed by atoms with Gasteiger partial charge in [-0.3, -0.25) is 20.4 Å². The average molecular weight is 372 g/mol. The number of hydrogen-bond donors (Lipinski definition) is 3. The number of para-hydroxylation sites is 1. The summed E-state index contributed by atoms with van der Waals surface area (Å²) in [6.45, 7) is 1.59. The van der Waals surface area contributed by atoms with Gasteiger partial charge < -0.3 is 9.72 Å². The van der Waals surface area contributed by atoms with Crippen molar-refractivity contribution >= 4 is 34.3 Å². The number of rotatable bonds is 5. The summed E-state index contributed by atoms with van der Waals surface area (Å²) in [6.07, 6.45) is 1.15. The van der Waals surface area contributed by atoms with Gasteiger partial charge in [-0.05, 0) is 36.8 Å². The molecule has 0 aliphatic heterocycles. The topological polar surface area (TPSA) is 83.2 Å². The summed E-state index contributed by atoms with van der Waals surface area (Å²) in [5.74, 6) is -0.305. The largest absolute Gasteiger partial charge is 0.481 e. The van der Waals surface area contributed by atoms with Gasteiger partial charge in [-0.25, -0.2) is 0 Å². The van der Waals surface area contributed by atoms with E-state index in [2.05, 4.69) is 15.8 Å². The summed E-state index contributed by atoms with van der Waals surface area (Å²) in [6, 6.07) is 14.5. The van der Waals surface area contributed by atoms with Crippen LogP contribution in [0.25, 0.3) is 10.9 Å². The van der Waals surface area contributed by atoms with Crippen LogP contribution >= 0.6 is 11.6 Å². The van der Waals surface area contributed by atoms with Crippen LogP contribution in [0.3, 0.4) is 0 Å².